The van der Waals surface area contributed by atoms with Crippen LogP contribution in [0.3, 0.4) is 0 Å². The zero-order valence-electron chi connectivity index (χ0n) is 29.3. The number of benzene rings is 7. The van der Waals surface area contributed by atoms with E-state index in [1.807, 2.05) is 54.6 Å². The first-order valence-corrected chi connectivity index (χ1v) is 17.3. The molecule has 0 aliphatic heterocycles. The average Bonchev–Trinajstić information content (AvgIpc) is 3.20. The molecule has 4 heteroatoms. The van der Waals surface area contributed by atoms with Crippen LogP contribution in [-0.2, 0) is 0 Å². The van der Waals surface area contributed by atoms with Crippen molar-refractivity contribution in [2.24, 2.45) is 9.98 Å². The first-order valence-electron chi connectivity index (χ1n) is 17.3. The molecule has 0 atom stereocenters. The molecule has 52 heavy (non-hydrogen) atoms. The minimum Gasteiger partial charge on any atom is -0.282 e. The van der Waals surface area contributed by atoms with Crippen LogP contribution in [0, 0.1) is 19.3 Å². The molecule has 0 saturated heterocycles. The van der Waals surface area contributed by atoms with Gasteiger partial charge in [-0.2, -0.15) is 0 Å². The monoisotopic (exact) mass is 670 g/mol. The number of para-hydroxylation sites is 1. The molecule has 0 radical (unpaired) electrons. The molecule has 0 spiro atoms. The van der Waals surface area contributed by atoms with E-state index in [-0.39, 0.29) is 5.84 Å². The predicted molar refractivity (Wildman–Crippen MR) is 221 cm³/mol. The minimum atomic E-state index is 0.139. The molecule has 8 aromatic rings. The van der Waals surface area contributed by atoms with Crippen LogP contribution >= 0.6 is 0 Å². The highest BCUT2D eigenvalue weighted by Crippen LogP contribution is 2.34. The fourth-order valence-corrected chi connectivity index (χ4v) is 6.27. The Kier molecular flexibility index (Phi) is 9.99. The largest absolute Gasteiger partial charge is 0.282 e. The summed E-state index contributed by atoms with van der Waals surface area (Å²) < 4.78 is 0. The highest BCUT2D eigenvalue weighted by molar-refractivity contribution is 6.13. The highest BCUT2D eigenvalue weighted by Gasteiger charge is 2.13. The van der Waals surface area contributed by atoms with Gasteiger partial charge in [0.05, 0.1) is 11.2 Å². The number of aromatic nitrogens is 1. The van der Waals surface area contributed by atoms with E-state index in [4.69, 9.17) is 10.4 Å². The summed E-state index contributed by atoms with van der Waals surface area (Å²) in [5.41, 5.74) is 11.3. The summed E-state index contributed by atoms with van der Waals surface area (Å²) in [7, 11) is 0. The van der Waals surface area contributed by atoms with Crippen LogP contribution in [0.5, 0.6) is 0 Å². The van der Waals surface area contributed by atoms with Gasteiger partial charge < -0.3 is 0 Å². The van der Waals surface area contributed by atoms with Gasteiger partial charge in [-0.25, -0.2) is 15.0 Å². The van der Waals surface area contributed by atoms with E-state index in [0.29, 0.717) is 5.84 Å². The number of aryl methyl sites for hydroxylation is 2. The molecule has 0 aliphatic carbocycles. The Morgan fingerprint density at radius 3 is 1.58 bits per heavy atom. The van der Waals surface area contributed by atoms with Crippen molar-refractivity contribution in [2.45, 2.75) is 13.8 Å². The summed E-state index contributed by atoms with van der Waals surface area (Å²) in [6, 6.07) is 59.9. The SMILES string of the molecule is C=NC(=NC(=N)c1ccccc1)c1cc(-c2ccc(C)cc2)cc(-c2ccc(-c3nc4ccccc4c4ccccc34)cc2)c1.Cc1ccccc1. The smallest absolute Gasteiger partial charge is 0.161 e. The van der Waals surface area contributed by atoms with Crippen LogP contribution in [-0.4, -0.2) is 23.4 Å². The maximum atomic E-state index is 8.60. The van der Waals surface area contributed by atoms with Gasteiger partial charge in [0.25, 0.3) is 0 Å². The van der Waals surface area contributed by atoms with Crippen molar-refractivity contribution in [3.05, 3.63) is 198 Å². The van der Waals surface area contributed by atoms with Gasteiger partial charge in [-0.15, -0.1) is 0 Å². The Labute approximate surface area is 305 Å². The lowest BCUT2D eigenvalue weighted by Crippen LogP contribution is -2.04. The van der Waals surface area contributed by atoms with Crippen molar-refractivity contribution >= 4 is 40.1 Å². The number of amidine groups is 2. The number of hydrogen-bond donors (Lipinski definition) is 1. The number of aliphatic imine (C=N–C) groups is 2. The van der Waals surface area contributed by atoms with Crippen molar-refractivity contribution in [2.75, 3.05) is 0 Å². The number of hydrogen-bond acceptors (Lipinski definition) is 2. The van der Waals surface area contributed by atoms with E-state index in [2.05, 4.69) is 152 Å². The lowest BCUT2D eigenvalue weighted by atomic mass is 9.94. The third kappa shape index (κ3) is 7.52. The van der Waals surface area contributed by atoms with E-state index >= 15 is 0 Å². The van der Waals surface area contributed by atoms with Gasteiger partial charge in [0, 0.05) is 27.5 Å². The summed E-state index contributed by atoms with van der Waals surface area (Å²) in [4.78, 5) is 13.9. The lowest BCUT2D eigenvalue weighted by Gasteiger charge is -2.13. The average molecular weight is 671 g/mol. The molecule has 0 aliphatic rings. The van der Waals surface area contributed by atoms with E-state index < -0.39 is 0 Å². The van der Waals surface area contributed by atoms with Gasteiger partial charge in [-0.1, -0.05) is 163 Å². The lowest BCUT2D eigenvalue weighted by molar-refractivity contribution is 1.40. The van der Waals surface area contributed by atoms with Crippen molar-refractivity contribution in [3.8, 4) is 33.5 Å². The molecule has 8 rings (SSSR count). The second-order valence-electron chi connectivity index (χ2n) is 12.7. The molecular formula is C48H38N4. The molecule has 7 aromatic carbocycles. The second kappa shape index (κ2) is 15.4. The maximum absolute atomic E-state index is 8.60. The standard InChI is InChI=1S/C41H30N4.C7H8/c1-27-16-18-28(19-17-27)32-24-33(26-34(25-32)41(43-2)45-40(42)31-10-4-3-5-11-31)29-20-22-30(23-21-29)39-37-14-7-6-12-35(37)36-13-8-9-15-38(36)44-39;1-7-5-3-2-4-6-7/h3-26,42H,2H2,1H3;2-6H,1H3. The van der Waals surface area contributed by atoms with Gasteiger partial charge in [0.1, 0.15) is 0 Å². The third-order valence-electron chi connectivity index (χ3n) is 9.03. The van der Waals surface area contributed by atoms with Crippen molar-refractivity contribution < 1.29 is 0 Å². The molecule has 250 valence electrons. The molecular weight excluding hydrogens is 633 g/mol. The molecule has 4 nitrogen and oxygen atoms in total. The zero-order valence-corrected chi connectivity index (χ0v) is 29.3. The number of fused-ring (bicyclic) bond motifs is 3. The van der Waals surface area contributed by atoms with E-state index in [1.54, 1.807) is 0 Å². The Hall–Kier alpha value is -6.78. The molecule has 1 N–H and O–H groups in total. The maximum Gasteiger partial charge on any atom is 0.161 e. The quantitative estimate of drug-likeness (QED) is 0.111. The van der Waals surface area contributed by atoms with Crippen LogP contribution in [0.4, 0.5) is 0 Å². The fraction of sp³-hybridized carbons (Fsp3) is 0.0417. The van der Waals surface area contributed by atoms with Crippen LogP contribution < -0.4 is 0 Å². The fourth-order valence-electron chi connectivity index (χ4n) is 6.27. The third-order valence-corrected chi connectivity index (χ3v) is 9.03. The molecule has 1 aromatic heterocycles. The second-order valence-corrected chi connectivity index (χ2v) is 12.7. The van der Waals surface area contributed by atoms with Crippen LogP contribution in [0.1, 0.15) is 22.3 Å². The summed E-state index contributed by atoms with van der Waals surface area (Å²) >= 11 is 0. The Morgan fingerprint density at radius 2 is 0.981 bits per heavy atom. The van der Waals surface area contributed by atoms with Gasteiger partial charge in [-0.3, -0.25) is 5.41 Å². The summed E-state index contributed by atoms with van der Waals surface area (Å²) in [5.74, 6) is 0.544. The van der Waals surface area contributed by atoms with Gasteiger partial charge in [-0.05, 0) is 72.5 Å². The van der Waals surface area contributed by atoms with E-state index in [1.165, 1.54) is 16.5 Å². The first kappa shape index (κ1) is 33.7. The number of nitrogens with zero attached hydrogens (tertiary/aromatic N) is 3. The van der Waals surface area contributed by atoms with Gasteiger partial charge in [0.15, 0.2) is 11.7 Å². The topological polar surface area (TPSA) is 61.5 Å². The molecule has 0 saturated carbocycles. The van der Waals surface area contributed by atoms with Crippen molar-refractivity contribution in [1.82, 2.24) is 4.98 Å². The predicted octanol–water partition coefficient (Wildman–Crippen LogP) is 12.2. The molecule has 1 heterocycles. The number of rotatable bonds is 5. The van der Waals surface area contributed by atoms with Gasteiger partial charge >= 0.3 is 0 Å². The highest BCUT2D eigenvalue weighted by atomic mass is 14.9. The molecule has 0 bridgehead atoms. The molecule has 0 fully saturated rings. The minimum absolute atomic E-state index is 0.139. The summed E-state index contributed by atoms with van der Waals surface area (Å²) in [6.07, 6.45) is 0. The Morgan fingerprint density at radius 1 is 0.481 bits per heavy atom. The Bertz CT molecular complexity index is 2530. The van der Waals surface area contributed by atoms with Crippen LogP contribution in [0.25, 0.3) is 55.2 Å². The number of pyridine rings is 1. The van der Waals surface area contributed by atoms with Crippen molar-refractivity contribution in [1.29, 1.82) is 5.41 Å². The number of nitrogens with one attached hydrogen (secondary N) is 1. The van der Waals surface area contributed by atoms with Crippen LogP contribution in [0.15, 0.2) is 186 Å². The summed E-state index contributed by atoms with van der Waals surface area (Å²) in [5, 5.41) is 12.1. The van der Waals surface area contributed by atoms with E-state index in [0.717, 1.165) is 60.9 Å². The van der Waals surface area contributed by atoms with Crippen LogP contribution in [0.2, 0.25) is 0 Å². The normalized spacial score (nSPS) is 11.2. The molecule has 0 unspecified atom stereocenters. The van der Waals surface area contributed by atoms with Gasteiger partial charge in [0.2, 0.25) is 0 Å². The zero-order chi connectivity index (χ0) is 35.9. The Balaban J connectivity index is 0.000000539. The van der Waals surface area contributed by atoms with E-state index in [9.17, 15) is 0 Å². The van der Waals surface area contributed by atoms with Crippen molar-refractivity contribution in [3.63, 3.8) is 0 Å². The first-order chi connectivity index (χ1) is 25.5. The molecule has 0 amide bonds. The summed E-state index contributed by atoms with van der Waals surface area (Å²) in [6.45, 7) is 7.98.